The Labute approximate surface area is 218 Å². The van der Waals surface area contributed by atoms with Gasteiger partial charge in [0.15, 0.2) is 0 Å². The summed E-state index contributed by atoms with van der Waals surface area (Å²) in [5, 5.41) is 7.76. The molecule has 4 fully saturated rings. The van der Waals surface area contributed by atoms with E-state index < -0.39 is 0 Å². The molecule has 4 rings (SSSR count). The van der Waals surface area contributed by atoms with Crippen molar-refractivity contribution in [2.45, 2.75) is 126 Å². The van der Waals surface area contributed by atoms with Gasteiger partial charge < -0.3 is 9.84 Å². The minimum absolute atomic E-state index is 0.0335. The number of carbonyl (C=O) groups excluding carboxylic acids is 1. The van der Waals surface area contributed by atoms with Crippen molar-refractivity contribution in [2.24, 2.45) is 46.3 Å². The molecule has 7 unspecified atom stereocenters. The third-order valence-corrected chi connectivity index (χ3v) is 10.5. The largest absolute Gasteiger partial charge is 0.469 e. The van der Waals surface area contributed by atoms with Crippen LogP contribution < -0.4 is 0 Å². The number of fused-ring (bicyclic) bond motifs is 5. The van der Waals surface area contributed by atoms with Crippen molar-refractivity contribution in [3.05, 3.63) is 12.7 Å². The predicted octanol–water partition coefficient (Wildman–Crippen LogP) is 8.84. The van der Waals surface area contributed by atoms with E-state index in [4.69, 9.17) is 9.84 Å². The van der Waals surface area contributed by atoms with E-state index in [-0.39, 0.29) is 12.6 Å². The number of rotatable bonds is 5. The highest BCUT2D eigenvalue weighted by Crippen LogP contribution is 2.68. The zero-order valence-corrected chi connectivity index (χ0v) is 24.7. The van der Waals surface area contributed by atoms with Crippen molar-refractivity contribution in [2.75, 3.05) is 13.7 Å². The summed E-state index contributed by atoms with van der Waals surface area (Å²) >= 11 is 0. The summed E-state index contributed by atoms with van der Waals surface area (Å²) < 4.78 is 4.89. The SMILES string of the molecule is C=CCO.CC.CC.COC(=O)CC[C@@H](C)C1CCC2C3CCC4CCCCC4(C)C3CCC21C. The molecule has 0 aromatic carbocycles. The van der Waals surface area contributed by atoms with Crippen LogP contribution in [0.2, 0.25) is 0 Å². The van der Waals surface area contributed by atoms with Gasteiger partial charge in [-0.1, -0.05) is 67.4 Å². The summed E-state index contributed by atoms with van der Waals surface area (Å²) in [6, 6.07) is 0. The van der Waals surface area contributed by atoms with E-state index in [9.17, 15) is 4.79 Å². The van der Waals surface area contributed by atoms with E-state index in [0.717, 1.165) is 36.0 Å². The van der Waals surface area contributed by atoms with E-state index >= 15 is 0 Å². The second-order valence-electron chi connectivity index (χ2n) is 11.7. The Kier molecular flexibility index (Phi) is 14.2. The minimum Gasteiger partial charge on any atom is -0.469 e. The summed E-state index contributed by atoms with van der Waals surface area (Å²) in [5.41, 5.74) is 1.17. The van der Waals surface area contributed by atoms with Crippen LogP contribution >= 0.6 is 0 Å². The Bertz CT molecular complexity index is 616. The van der Waals surface area contributed by atoms with E-state index in [1.54, 1.807) is 0 Å². The highest BCUT2D eigenvalue weighted by Gasteiger charge is 2.60. The molecule has 0 heterocycles. The quantitative estimate of drug-likeness (QED) is 0.308. The van der Waals surface area contributed by atoms with E-state index in [1.807, 2.05) is 27.7 Å². The minimum atomic E-state index is -0.0335. The normalized spacial score (nSPS) is 37.7. The van der Waals surface area contributed by atoms with Crippen LogP contribution in [0.4, 0.5) is 0 Å². The molecule has 0 spiro atoms. The number of methoxy groups -OCH3 is 1. The third-order valence-electron chi connectivity index (χ3n) is 10.5. The van der Waals surface area contributed by atoms with Gasteiger partial charge in [0.25, 0.3) is 0 Å². The zero-order chi connectivity index (χ0) is 26.6. The van der Waals surface area contributed by atoms with E-state index in [0.29, 0.717) is 23.2 Å². The molecule has 8 atom stereocenters. The van der Waals surface area contributed by atoms with Gasteiger partial charge in [0.1, 0.15) is 0 Å². The van der Waals surface area contributed by atoms with Gasteiger partial charge in [-0.3, -0.25) is 4.79 Å². The van der Waals surface area contributed by atoms with Gasteiger partial charge >= 0.3 is 5.97 Å². The fourth-order valence-electron chi connectivity index (χ4n) is 8.92. The lowest BCUT2D eigenvalue weighted by Gasteiger charge is -2.61. The Morgan fingerprint density at radius 1 is 0.971 bits per heavy atom. The molecule has 0 saturated heterocycles. The molecule has 0 bridgehead atoms. The molecule has 4 aliphatic rings. The Morgan fingerprint density at radius 2 is 1.60 bits per heavy atom. The maximum absolute atomic E-state index is 11.6. The monoisotopic (exact) mass is 492 g/mol. The van der Waals surface area contributed by atoms with Crippen molar-refractivity contribution < 1.29 is 14.6 Å². The molecule has 0 aromatic rings. The average Bonchev–Trinajstić information content (AvgIpc) is 3.26. The van der Waals surface area contributed by atoms with Crippen molar-refractivity contribution in [1.82, 2.24) is 0 Å². The molecule has 206 valence electrons. The Hall–Kier alpha value is -0.830. The first kappa shape index (κ1) is 32.2. The molecule has 0 aromatic heterocycles. The van der Waals surface area contributed by atoms with Crippen LogP contribution in [0.1, 0.15) is 126 Å². The molecule has 3 heteroatoms. The summed E-state index contributed by atoms with van der Waals surface area (Å²) in [6.45, 7) is 19.0. The molecule has 4 aliphatic carbocycles. The molecule has 35 heavy (non-hydrogen) atoms. The highest BCUT2D eigenvalue weighted by atomic mass is 16.5. The second kappa shape index (κ2) is 15.4. The zero-order valence-electron chi connectivity index (χ0n) is 24.7. The first-order valence-electron chi connectivity index (χ1n) is 15.1. The van der Waals surface area contributed by atoms with E-state index in [2.05, 4.69) is 27.4 Å². The van der Waals surface area contributed by atoms with Crippen LogP contribution in [-0.2, 0) is 9.53 Å². The number of ether oxygens (including phenoxy) is 1. The molecular weight excluding hydrogens is 432 g/mol. The van der Waals surface area contributed by atoms with Gasteiger partial charge in [0.05, 0.1) is 13.7 Å². The number of esters is 1. The molecule has 0 radical (unpaired) electrons. The highest BCUT2D eigenvalue weighted by molar-refractivity contribution is 5.69. The lowest BCUT2D eigenvalue weighted by atomic mass is 9.44. The topological polar surface area (TPSA) is 46.5 Å². The fourth-order valence-corrected chi connectivity index (χ4v) is 8.92. The van der Waals surface area contributed by atoms with Crippen LogP contribution in [0.15, 0.2) is 12.7 Å². The summed E-state index contributed by atoms with van der Waals surface area (Å²) in [5.74, 6) is 5.38. The molecule has 0 amide bonds. The fraction of sp³-hybridized carbons (Fsp3) is 0.906. The van der Waals surface area contributed by atoms with Crippen LogP contribution in [0.5, 0.6) is 0 Å². The lowest BCUT2D eigenvalue weighted by molar-refractivity contribution is -0.141. The maximum atomic E-state index is 11.6. The molecule has 3 nitrogen and oxygen atoms in total. The first-order chi connectivity index (χ1) is 16.8. The van der Waals surface area contributed by atoms with Crippen molar-refractivity contribution >= 4 is 5.97 Å². The maximum Gasteiger partial charge on any atom is 0.305 e. The lowest BCUT2D eigenvalue weighted by Crippen LogP contribution is -2.53. The number of aliphatic hydroxyl groups excluding tert-OH is 1. The van der Waals surface area contributed by atoms with Crippen molar-refractivity contribution in [3.63, 3.8) is 0 Å². The average molecular weight is 493 g/mol. The smallest absolute Gasteiger partial charge is 0.305 e. The van der Waals surface area contributed by atoms with Crippen LogP contribution in [0, 0.1) is 46.3 Å². The molecule has 4 saturated carbocycles. The van der Waals surface area contributed by atoms with Gasteiger partial charge in [-0.05, 0) is 104 Å². The van der Waals surface area contributed by atoms with Gasteiger partial charge in [0.2, 0.25) is 0 Å². The summed E-state index contributed by atoms with van der Waals surface area (Å²) in [6.07, 6.45) is 17.8. The summed E-state index contributed by atoms with van der Waals surface area (Å²) in [7, 11) is 1.52. The number of aliphatic hydroxyl groups is 1. The Balaban J connectivity index is 0.000000684. The number of carbonyl (C=O) groups is 1. The molecule has 1 N–H and O–H groups in total. The van der Waals surface area contributed by atoms with Gasteiger partial charge in [-0.2, -0.15) is 0 Å². The van der Waals surface area contributed by atoms with Crippen LogP contribution in [0.3, 0.4) is 0 Å². The van der Waals surface area contributed by atoms with Gasteiger partial charge in [-0.15, -0.1) is 6.58 Å². The molecular formula is C32H60O3. The van der Waals surface area contributed by atoms with Crippen LogP contribution in [-0.4, -0.2) is 24.8 Å². The van der Waals surface area contributed by atoms with Crippen LogP contribution in [0.25, 0.3) is 0 Å². The predicted molar refractivity (Wildman–Crippen MR) is 150 cm³/mol. The third kappa shape index (κ3) is 7.14. The van der Waals surface area contributed by atoms with Crippen molar-refractivity contribution in [1.29, 1.82) is 0 Å². The second-order valence-corrected chi connectivity index (χ2v) is 11.7. The standard InChI is InChI=1S/C25H42O2.C3H6O.2C2H6/c1-17(8-13-23(26)27-4)20-11-12-21-19-10-9-18-7-5-6-15-24(18,2)22(19)14-16-25(20,21)3;1-2-3-4;2*1-2/h17-22H,5-16H2,1-4H3;2,4H,1,3H2;2*1-2H3/t17-,18?,19?,20?,21?,22?,24?,25?;;;/m1.../s1. The Morgan fingerprint density at radius 3 is 2.20 bits per heavy atom. The van der Waals surface area contributed by atoms with E-state index in [1.165, 1.54) is 77.4 Å². The number of hydrogen-bond acceptors (Lipinski definition) is 3. The van der Waals surface area contributed by atoms with Gasteiger partial charge in [-0.25, -0.2) is 0 Å². The molecule has 0 aliphatic heterocycles. The van der Waals surface area contributed by atoms with Gasteiger partial charge in [0, 0.05) is 6.42 Å². The summed E-state index contributed by atoms with van der Waals surface area (Å²) in [4.78, 5) is 11.6. The first-order valence-corrected chi connectivity index (χ1v) is 15.1. The van der Waals surface area contributed by atoms with Crippen molar-refractivity contribution in [3.8, 4) is 0 Å². The number of hydrogen-bond donors (Lipinski definition) is 1.